The van der Waals surface area contributed by atoms with E-state index in [1.165, 1.54) is 0 Å². The molecular formula is C17H19BrN2O4. The van der Waals surface area contributed by atoms with E-state index in [4.69, 9.17) is 14.2 Å². The van der Waals surface area contributed by atoms with Gasteiger partial charge in [-0.1, -0.05) is 22.0 Å². The Morgan fingerprint density at radius 3 is 2.25 bits per heavy atom. The van der Waals surface area contributed by atoms with Crippen molar-refractivity contribution in [3.05, 3.63) is 46.4 Å². The highest BCUT2D eigenvalue weighted by Gasteiger charge is 2.13. The lowest BCUT2D eigenvalue weighted by molar-refractivity contribution is 0.251. The molecule has 6 nitrogen and oxygen atoms in total. The second-order valence-corrected chi connectivity index (χ2v) is 5.77. The van der Waals surface area contributed by atoms with Crippen LogP contribution in [0.2, 0.25) is 0 Å². The van der Waals surface area contributed by atoms with Crippen molar-refractivity contribution < 1.29 is 19.0 Å². The maximum Gasteiger partial charge on any atom is 0.319 e. The van der Waals surface area contributed by atoms with Gasteiger partial charge in [-0.2, -0.15) is 0 Å². The summed E-state index contributed by atoms with van der Waals surface area (Å²) in [4.78, 5) is 12.0. The summed E-state index contributed by atoms with van der Waals surface area (Å²) in [5, 5.41) is 5.56. The van der Waals surface area contributed by atoms with Crippen LogP contribution in [0, 0.1) is 0 Å². The number of hydrogen-bond acceptors (Lipinski definition) is 4. The molecule has 24 heavy (non-hydrogen) atoms. The fourth-order valence-electron chi connectivity index (χ4n) is 2.16. The summed E-state index contributed by atoms with van der Waals surface area (Å²) in [6.45, 7) is 0.316. The predicted octanol–water partition coefficient (Wildman–Crippen LogP) is 3.80. The number of carbonyl (C=O) groups excluding carboxylic acids is 1. The zero-order chi connectivity index (χ0) is 17.5. The third-order valence-electron chi connectivity index (χ3n) is 3.26. The maximum atomic E-state index is 12.0. The van der Waals surface area contributed by atoms with E-state index in [1.807, 2.05) is 24.3 Å². The van der Waals surface area contributed by atoms with E-state index < -0.39 is 0 Å². The molecule has 0 aromatic heterocycles. The number of methoxy groups -OCH3 is 3. The third-order valence-corrected chi connectivity index (χ3v) is 3.75. The summed E-state index contributed by atoms with van der Waals surface area (Å²) in [6, 6.07) is 10.6. The van der Waals surface area contributed by atoms with Gasteiger partial charge in [0.15, 0.2) is 11.5 Å². The van der Waals surface area contributed by atoms with Gasteiger partial charge in [0.05, 0.1) is 21.3 Å². The lowest BCUT2D eigenvalue weighted by atomic mass is 10.2. The first kappa shape index (κ1) is 17.9. The van der Waals surface area contributed by atoms with Crippen LogP contribution < -0.4 is 24.8 Å². The standard InChI is InChI=1S/C17H19BrN2O4/c1-22-14-7-11(8-15(23-2)16(14)24-3)10-19-17(21)20-13-6-4-5-12(18)9-13/h4-9H,10H2,1-3H3,(H2,19,20,21). The first-order valence-corrected chi connectivity index (χ1v) is 7.96. The summed E-state index contributed by atoms with van der Waals surface area (Å²) >= 11 is 3.36. The quantitative estimate of drug-likeness (QED) is 0.781. The Labute approximate surface area is 149 Å². The molecule has 128 valence electrons. The largest absolute Gasteiger partial charge is 0.493 e. The predicted molar refractivity (Wildman–Crippen MR) is 96.1 cm³/mol. The van der Waals surface area contributed by atoms with Crippen molar-refractivity contribution in [2.75, 3.05) is 26.6 Å². The van der Waals surface area contributed by atoms with Crippen molar-refractivity contribution in [2.45, 2.75) is 6.54 Å². The number of ether oxygens (including phenoxy) is 3. The molecular weight excluding hydrogens is 376 g/mol. The normalized spacial score (nSPS) is 10.0. The number of benzene rings is 2. The first-order chi connectivity index (χ1) is 11.6. The lowest BCUT2D eigenvalue weighted by Crippen LogP contribution is -2.28. The number of rotatable bonds is 6. The zero-order valence-electron chi connectivity index (χ0n) is 13.7. The van der Waals surface area contributed by atoms with Crippen molar-refractivity contribution in [1.29, 1.82) is 0 Å². The molecule has 0 aliphatic carbocycles. The average Bonchev–Trinajstić information content (AvgIpc) is 2.58. The van der Waals surface area contributed by atoms with Crippen LogP contribution in [0.25, 0.3) is 0 Å². The van der Waals surface area contributed by atoms with E-state index in [1.54, 1.807) is 33.5 Å². The molecule has 2 aromatic rings. The van der Waals surface area contributed by atoms with E-state index in [-0.39, 0.29) is 6.03 Å². The molecule has 0 heterocycles. The van der Waals surface area contributed by atoms with Crippen molar-refractivity contribution in [3.8, 4) is 17.2 Å². The van der Waals surface area contributed by atoms with Crippen LogP contribution in [0.1, 0.15) is 5.56 Å². The van der Waals surface area contributed by atoms with E-state index in [9.17, 15) is 4.79 Å². The van der Waals surface area contributed by atoms with E-state index in [0.717, 1.165) is 10.0 Å². The Morgan fingerprint density at radius 1 is 1.04 bits per heavy atom. The van der Waals surface area contributed by atoms with Gasteiger partial charge in [-0.3, -0.25) is 0 Å². The smallest absolute Gasteiger partial charge is 0.319 e. The highest BCUT2D eigenvalue weighted by molar-refractivity contribution is 9.10. The van der Waals surface area contributed by atoms with Gasteiger partial charge in [0, 0.05) is 16.7 Å². The van der Waals surface area contributed by atoms with Crippen molar-refractivity contribution >= 4 is 27.6 Å². The molecule has 0 aliphatic rings. The molecule has 0 unspecified atom stereocenters. The van der Waals surface area contributed by atoms with E-state index in [0.29, 0.717) is 29.5 Å². The van der Waals surface area contributed by atoms with E-state index >= 15 is 0 Å². The molecule has 0 spiro atoms. The topological polar surface area (TPSA) is 68.8 Å². The SMILES string of the molecule is COc1cc(CNC(=O)Nc2cccc(Br)c2)cc(OC)c1OC. The number of hydrogen-bond donors (Lipinski definition) is 2. The molecule has 0 saturated carbocycles. The summed E-state index contributed by atoms with van der Waals surface area (Å²) in [6.07, 6.45) is 0. The van der Waals surface area contributed by atoms with E-state index in [2.05, 4.69) is 26.6 Å². The summed E-state index contributed by atoms with van der Waals surface area (Å²) in [5.41, 5.74) is 1.53. The second kappa shape index (κ2) is 8.44. The Balaban J connectivity index is 2.04. The van der Waals surface area contributed by atoms with Gasteiger partial charge >= 0.3 is 6.03 Å². The Hall–Kier alpha value is -2.41. The van der Waals surface area contributed by atoms with Crippen LogP contribution in [0.4, 0.5) is 10.5 Å². The fourth-order valence-corrected chi connectivity index (χ4v) is 2.56. The number of carbonyl (C=O) groups is 1. The highest BCUT2D eigenvalue weighted by Crippen LogP contribution is 2.38. The molecule has 2 aromatic carbocycles. The van der Waals surface area contributed by atoms with Crippen molar-refractivity contribution in [1.82, 2.24) is 5.32 Å². The average molecular weight is 395 g/mol. The Morgan fingerprint density at radius 2 is 1.71 bits per heavy atom. The van der Waals surface area contributed by atoms with Crippen LogP contribution in [-0.2, 0) is 6.54 Å². The highest BCUT2D eigenvalue weighted by atomic mass is 79.9. The Bertz CT molecular complexity index is 696. The van der Waals surface area contributed by atoms with Crippen LogP contribution >= 0.6 is 15.9 Å². The minimum Gasteiger partial charge on any atom is -0.493 e. The molecule has 0 atom stereocenters. The molecule has 2 N–H and O–H groups in total. The van der Waals surface area contributed by atoms with Crippen LogP contribution in [0.15, 0.2) is 40.9 Å². The number of nitrogens with one attached hydrogen (secondary N) is 2. The summed E-state index contributed by atoms with van der Waals surface area (Å²) in [5.74, 6) is 1.60. The van der Waals surface area contributed by atoms with Gasteiger partial charge in [0.1, 0.15) is 0 Å². The van der Waals surface area contributed by atoms with Gasteiger partial charge in [-0.25, -0.2) is 4.79 Å². The molecule has 0 bridgehead atoms. The summed E-state index contributed by atoms with van der Waals surface area (Å²) < 4.78 is 16.8. The number of amides is 2. The minimum absolute atomic E-state index is 0.304. The number of anilines is 1. The monoisotopic (exact) mass is 394 g/mol. The molecule has 0 aliphatic heterocycles. The second-order valence-electron chi connectivity index (χ2n) is 4.85. The van der Waals surface area contributed by atoms with Gasteiger partial charge in [0.2, 0.25) is 5.75 Å². The van der Waals surface area contributed by atoms with Crippen LogP contribution in [-0.4, -0.2) is 27.4 Å². The molecule has 7 heteroatoms. The van der Waals surface area contributed by atoms with Gasteiger partial charge in [-0.15, -0.1) is 0 Å². The van der Waals surface area contributed by atoms with Crippen molar-refractivity contribution in [3.63, 3.8) is 0 Å². The Kier molecular flexibility index (Phi) is 6.31. The minimum atomic E-state index is -0.304. The first-order valence-electron chi connectivity index (χ1n) is 7.16. The number of halogens is 1. The van der Waals surface area contributed by atoms with Gasteiger partial charge < -0.3 is 24.8 Å². The van der Waals surface area contributed by atoms with Gasteiger partial charge in [0.25, 0.3) is 0 Å². The zero-order valence-corrected chi connectivity index (χ0v) is 15.3. The third kappa shape index (κ3) is 4.55. The maximum absolute atomic E-state index is 12.0. The lowest BCUT2D eigenvalue weighted by Gasteiger charge is -2.14. The molecule has 0 saturated heterocycles. The summed E-state index contributed by atoms with van der Waals surface area (Å²) in [7, 11) is 4.65. The van der Waals surface area contributed by atoms with Crippen LogP contribution in [0.3, 0.4) is 0 Å². The fraction of sp³-hybridized carbons (Fsp3) is 0.235. The van der Waals surface area contributed by atoms with Gasteiger partial charge in [-0.05, 0) is 35.9 Å². The van der Waals surface area contributed by atoms with Crippen LogP contribution in [0.5, 0.6) is 17.2 Å². The number of urea groups is 1. The molecule has 2 rings (SSSR count). The molecule has 0 radical (unpaired) electrons. The molecule has 2 amide bonds. The van der Waals surface area contributed by atoms with Crippen molar-refractivity contribution in [2.24, 2.45) is 0 Å². The molecule has 0 fully saturated rings.